The van der Waals surface area contributed by atoms with E-state index in [1.54, 1.807) is 17.1 Å². The number of unbranched alkanes of at least 4 members (excludes halogenated alkanes) is 2. The lowest BCUT2D eigenvalue weighted by Crippen LogP contribution is -2.70. The number of rotatable bonds is 25. The minimum atomic E-state index is -1.47. The summed E-state index contributed by atoms with van der Waals surface area (Å²) in [6.45, 7) is 8.77. The third kappa shape index (κ3) is 11.0. The number of hydrogen-bond acceptors (Lipinski definition) is 11. The minimum Gasteiger partial charge on any atom is -0.490 e. The van der Waals surface area contributed by atoms with E-state index in [1.807, 2.05) is 48.5 Å². The van der Waals surface area contributed by atoms with Crippen LogP contribution in [0.4, 0.5) is 4.79 Å². The van der Waals surface area contributed by atoms with Gasteiger partial charge >= 0.3 is 6.09 Å². The van der Waals surface area contributed by atoms with Crippen molar-refractivity contribution in [2.24, 2.45) is 22.9 Å². The summed E-state index contributed by atoms with van der Waals surface area (Å²) in [4.78, 5) is 21.9. The lowest BCUT2D eigenvalue weighted by Gasteiger charge is -2.59. The van der Waals surface area contributed by atoms with Crippen molar-refractivity contribution in [2.45, 2.75) is 69.3 Å². The first-order chi connectivity index (χ1) is 28.0. The number of aliphatic hydroxyl groups is 3. The fourth-order valence-corrected chi connectivity index (χ4v) is 8.64. The van der Waals surface area contributed by atoms with Crippen molar-refractivity contribution in [3.63, 3.8) is 0 Å². The zero-order valence-electron chi connectivity index (χ0n) is 32.9. The van der Waals surface area contributed by atoms with Gasteiger partial charge in [0.1, 0.15) is 37.4 Å². The average molecular weight is 811 g/mol. The summed E-state index contributed by atoms with van der Waals surface area (Å²) in [7, 11) is 0. The first-order valence-corrected chi connectivity index (χ1v) is 20.7. The molecule has 0 bridgehead atoms. The first kappa shape index (κ1) is 44.2. The van der Waals surface area contributed by atoms with E-state index in [4.69, 9.17) is 45.3 Å². The molecule has 5 rings (SSSR count). The van der Waals surface area contributed by atoms with Crippen LogP contribution in [0.25, 0.3) is 0 Å². The van der Waals surface area contributed by atoms with Gasteiger partial charge in [0.25, 0.3) is 0 Å². The van der Waals surface area contributed by atoms with Crippen molar-refractivity contribution in [3.8, 4) is 11.5 Å². The number of benzene rings is 2. The fourth-order valence-electron chi connectivity index (χ4n) is 8.56. The standard InChI is InChI=1S/C44H59ClN2O10/c1-3-23-53-34-16-17-39-37(29-34)41-35(15-9-11-21-49)33(14-8-10-20-48)28-36-38(46-56-31-32-12-6-5-7-13-32)30-40(44(57-39,42(36)41)55-24-4-2)47(19-26-52-27-22-50)43(51)54-25-18-45/h3-7,12-13,16-17,28-29,33,35,40-42,48-50H,1-2,8-11,14-15,18-27,30-31H2. The molecule has 3 aliphatic rings. The van der Waals surface area contributed by atoms with Crippen LogP contribution in [0, 0.1) is 17.8 Å². The smallest absolute Gasteiger partial charge is 0.410 e. The SMILES string of the molecule is C=CCOc1ccc2c(c1)C1C(CCCCO)C(CCCCO)C=C3C(=NOCc4ccccc4)CC(N(CCOCCO)C(=O)OCCCl)C(OCC=C)(O2)C31. The zero-order valence-corrected chi connectivity index (χ0v) is 33.6. The highest BCUT2D eigenvalue weighted by Crippen LogP contribution is 2.62. The quantitative estimate of drug-likeness (QED) is 0.0425. The van der Waals surface area contributed by atoms with E-state index in [1.165, 1.54) is 0 Å². The molecule has 1 fully saturated rings. The molecule has 2 aromatic carbocycles. The summed E-state index contributed by atoms with van der Waals surface area (Å²) in [5, 5.41) is 34.0. The van der Waals surface area contributed by atoms with Crippen LogP contribution in [0.5, 0.6) is 11.5 Å². The molecule has 1 heterocycles. The molecule has 3 N–H and O–H groups in total. The Morgan fingerprint density at radius 2 is 1.74 bits per heavy atom. The number of oxime groups is 1. The van der Waals surface area contributed by atoms with Crippen LogP contribution >= 0.6 is 11.6 Å². The van der Waals surface area contributed by atoms with Crippen molar-refractivity contribution in [1.29, 1.82) is 0 Å². The Labute approximate surface area is 341 Å². The van der Waals surface area contributed by atoms with Crippen molar-refractivity contribution < 1.29 is 48.6 Å². The van der Waals surface area contributed by atoms with Gasteiger partial charge in [0.05, 0.1) is 43.9 Å². The van der Waals surface area contributed by atoms with Gasteiger partial charge in [0, 0.05) is 37.7 Å². The molecule has 0 saturated heterocycles. The Bertz CT molecular complexity index is 1640. The molecule has 2 aliphatic carbocycles. The third-order valence-corrected chi connectivity index (χ3v) is 11.0. The van der Waals surface area contributed by atoms with Crippen LogP contribution in [-0.2, 0) is 25.7 Å². The number of ether oxygens (including phenoxy) is 5. The predicted molar refractivity (Wildman–Crippen MR) is 219 cm³/mol. The molecule has 312 valence electrons. The lowest BCUT2D eigenvalue weighted by molar-refractivity contribution is -0.256. The normalized spacial score (nSPS) is 24.0. The average Bonchev–Trinajstić information content (AvgIpc) is 3.23. The van der Waals surface area contributed by atoms with Gasteiger partial charge in [0.2, 0.25) is 5.79 Å². The van der Waals surface area contributed by atoms with E-state index in [2.05, 4.69) is 19.2 Å². The minimum absolute atomic E-state index is 0.0143. The Balaban J connectivity index is 1.76. The van der Waals surface area contributed by atoms with Gasteiger partial charge in [-0.05, 0) is 66.9 Å². The van der Waals surface area contributed by atoms with Crippen molar-refractivity contribution in [1.82, 2.24) is 4.90 Å². The van der Waals surface area contributed by atoms with E-state index in [0.29, 0.717) is 36.7 Å². The number of halogens is 1. The van der Waals surface area contributed by atoms with E-state index < -0.39 is 23.8 Å². The summed E-state index contributed by atoms with van der Waals surface area (Å²) >= 11 is 6.01. The van der Waals surface area contributed by atoms with Crippen molar-refractivity contribution in [3.05, 3.63) is 96.6 Å². The predicted octanol–water partition coefficient (Wildman–Crippen LogP) is 6.77. The van der Waals surface area contributed by atoms with E-state index >= 15 is 0 Å². The van der Waals surface area contributed by atoms with Gasteiger partial charge in [-0.15, -0.1) is 18.2 Å². The summed E-state index contributed by atoms with van der Waals surface area (Å²) in [6, 6.07) is 14.8. The van der Waals surface area contributed by atoms with Gasteiger partial charge in [-0.2, -0.15) is 0 Å². The first-order valence-electron chi connectivity index (χ1n) is 20.1. The number of nitrogens with zero attached hydrogens (tertiary/aromatic N) is 2. The molecule has 0 aromatic heterocycles. The molecule has 1 saturated carbocycles. The number of hydrogen-bond donors (Lipinski definition) is 3. The molecule has 13 heteroatoms. The van der Waals surface area contributed by atoms with Gasteiger partial charge < -0.3 is 43.8 Å². The maximum Gasteiger partial charge on any atom is 0.410 e. The second-order valence-corrected chi connectivity index (χ2v) is 14.8. The molecule has 2 aromatic rings. The summed E-state index contributed by atoms with van der Waals surface area (Å²) in [5.41, 5.74) is 3.46. The molecular weight excluding hydrogens is 752 g/mol. The van der Waals surface area contributed by atoms with Crippen molar-refractivity contribution in [2.75, 3.05) is 65.3 Å². The third-order valence-electron chi connectivity index (χ3n) is 10.9. The highest BCUT2D eigenvalue weighted by atomic mass is 35.5. The highest BCUT2D eigenvalue weighted by molar-refractivity contribution is 6.18. The van der Waals surface area contributed by atoms with Gasteiger partial charge in [-0.1, -0.05) is 73.1 Å². The van der Waals surface area contributed by atoms with Crippen LogP contribution in [0.2, 0.25) is 0 Å². The van der Waals surface area contributed by atoms with Crippen LogP contribution in [0.1, 0.15) is 62.0 Å². The fraction of sp³-hybridized carbons (Fsp3) is 0.545. The molecule has 0 radical (unpaired) electrons. The lowest BCUT2D eigenvalue weighted by atomic mass is 9.55. The highest BCUT2D eigenvalue weighted by Gasteiger charge is 2.65. The number of allylic oxidation sites excluding steroid dienone is 1. The van der Waals surface area contributed by atoms with Crippen LogP contribution in [0.15, 0.2) is 90.6 Å². The largest absolute Gasteiger partial charge is 0.490 e. The van der Waals surface area contributed by atoms with Gasteiger partial charge in [-0.3, -0.25) is 4.90 Å². The number of carbonyl (C=O) groups is 1. The summed E-state index contributed by atoms with van der Waals surface area (Å²) in [5.74, 6) is -0.716. The Kier molecular flexibility index (Phi) is 17.7. The van der Waals surface area contributed by atoms with Crippen LogP contribution in [-0.4, -0.2) is 109 Å². The molecular formula is C44H59ClN2O10. The molecule has 1 aliphatic heterocycles. The van der Waals surface area contributed by atoms with Crippen LogP contribution < -0.4 is 9.47 Å². The van der Waals surface area contributed by atoms with Gasteiger partial charge in [0.15, 0.2) is 0 Å². The molecule has 0 spiro atoms. The van der Waals surface area contributed by atoms with Crippen molar-refractivity contribution >= 4 is 23.4 Å². The molecule has 57 heavy (non-hydrogen) atoms. The number of alkyl halides is 1. The zero-order chi connectivity index (χ0) is 40.5. The Morgan fingerprint density at radius 1 is 0.965 bits per heavy atom. The maximum absolute atomic E-state index is 14.2. The maximum atomic E-state index is 14.2. The van der Waals surface area contributed by atoms with E-state index in [9.17, 15) is 20.1 Å². The second-order valence-electron chi connectivity index (χ2n) is 14.5. The van der Waals surface area contributed by atoms with Crippen LogP contribution in [0.3, 0.4) is 0 Å². The number of aliphatic hydroxyl groups excluding tert-OH is 3. The molecule has 12 nitrogen and oxygen atoms in total. The molecule has 6 unspecified atom stereocenters. The monoisotopic (exact) mass is 810 g/mol. The number of carbonyl (C=O) groups excluding carboxylic acids is 1. The second kappa shape index (κ2) is 22.9. The molecule has 6 atom stereocenters. The number of fused-ring (bicyclic) bond motifs is 2. The summed E-state index contributed by atoms with van der Waals surface area (Å²) < 4.78 is 31.7. The Morgan fingerprint density at radius 3 is 2.46 bits per heavy atom. The van der Waals surface area contributed by atoms with E-state index in [-0.39, 0.29) is 89.5 Å². The van der Waals surface area contributed by atoms with Gasteiger partial charge in [-0.25, -0.2) is 4.79 Å². The summed E-state index contributed by atoms with van der Waals surface area (Å²) in [6.07, 6.45) is 9.76. The number of amides is 1. The molecule has 1 amide bonds. The topological polar surface area (TPSA) is 149 Å². The van der Waals surface area contributed by atoms with E-state index in [0.717, 1.165) is 42.4 Å². The Hall–Kier alpha value is -3.91.